The number of aromatic amines is 2. The van der Waals surface area contributed by atoms with Gasteiger partial charge in [-0.3, -0.25) is 40.2 Å². The summed E-state index contributed by atoms with van der Waals surface area (Å²) in [6.45, 7) is -0.333. The molecule has 2 heterocycles. The number of carboxylic acids is 1. The number of aromatic nitrogens is 4. The highest BCUT2D eigenvalue weighted by atomic mass is 16.4. The van der Waals surface area contributed by atoms with Crippen molar-refractivity contribution in [3.8, 4) is 0 Å². The normalized spacial score (nSPS) is 13.8. The Morgan fingerprint density at radius 1 is 0.583 bits per heavy atom. The van der Waals surface area contributed by atoms with Crippen LogP contribution in [-0.4, -0.2) is 146 Å². The molecule has 0 saturated heterocycles. The zero-order valence-electron chi connectivity index (χ0n) is 32.8. The molecule has 0 saturated carbocycles. The molecule has 2 rings (SSSR count). The molecular formula is C33H57N19O8. The van der Waals surface area contributed by atoms with Crippen molar-refractivity contribution < 1.29 is 39.0 Å². The molecular weight excluding hydrogens is 790 g/mol. The monoisotopic (exact) mass is 847 g/mol. The molecule has 27 nitrogen and oxygen atoms in total. The van der Waals surface area contributed by atoms with E-state index in [0.717, 1.165) is 0 Å². The van der Waals surface area contributed by atoms with E-state index < -0.39 is 78.4 Å². The van der Waals surface area contributed by atoms with Gasteiger partial charge in [0.1, 0.15) is 36.3 Å². The summed E-state index contributed by atoms with van der Waals surface area (Å²) in [6.07, 6.45) is 5.65. The quantitative estimate of drug-likeness (QED) is 0.0215. The molecule has 23 N–H and O–H groups in total. The maximum Gasteiger partial charge on any atom is 0.326 e. The molecule has 6 atom stereocenters. The number of aliphatic hydroxyl groups is 1. The highest BCUT2D eigenvalue weighted by Crippen LogP contribution is 2.08. The minimum Gasteiger partial charge on any atom is -0.480 e. The number of guanidine groups is 3. The molecule has 0 spiro atoms. The highest BCUT2D eigenvalue weighted by Gasteiger charge is 2.33. The van der Waals surface area contributed by atoms with Gasteiger partial charge in [0, 0.05) is 44.9 Å². The van der Waals surface area contributed by atoms with E-state index in [-0.39, 0.29) is 88.9 Å². The molecule has 0 radical (unpaired) electrons. The summed E-state index contributed by atoms with van der Waals surface area (Å²) in [6, 6.07) is -8.23. The Morgan fingerprint density at radius 2 is 0.917 bits per heavy atom. The third-order valence-electron chi connectivity index (χ3n) is 8.57. The highest BCUT2D eigenvalue weighted by molar-refractivity contribution is 5.96. The van der Waals surface area contributed by atoms with Crippen LogP contribution in [0, 0.1) is 16.2 Å². The Morgan fingerprint density at radius 3 is 1.25 bits per heavy atom. The molecule has 332 valence electrons. The van der Waals surface area contributed by atoms with Crippen LogP contribution in [0.3, 0.4) is 0 Å². The molecule has 0 fully saturated rings. The van der Waals surface area contributed by atoms with E-state index in [2.05, 4.69) is 62.5 Å². The number of hydrogen-bond acceptors (Lipinski definition) is 13. The maximum absolute atomic E-state index is 14.1. The summed E-state index contributed by atoms with van der Waals surface area (Å²) in [5.41, 5.74) is 22.4. The van der Waals surface area contributed by atoms with Crippen molar-refractivity contribution in [3.63, 3.8) is 0 Å². The van der Waals surface area contributed by atoms with Crippen molar-refractivity contribution >= 4 is 53.4 Å². The second-order valence-corrected chi connectivity index (χ2v) is 13.4. The van der Waals surface area contributed by atoms with E-state index in [9.17, 15) is 39.0 Å². The van der Waals surface area contributed by atoms with Gasteiger partial charge < -0.3 is 85.6 Å². The van der Waals surface area contributed by atoms with Gasteiger partial charge in [-0.15, -0.1) is 0 Å². The third-order valence-corrected chi connectivity index (χ3v) is 8.57. The predicted octanol–water partition coefficient (Wildman–Crippen LogP) is -6.46. The number of amides is 5. The van der Waals surface area contributed by atoms with Crippen LogP contribution in [-0.2, 0) is 41.6 Å². The summed E-state index contributed by atoms with van der Waals surface area (Å²) >= 11 is 0. The lowest BCUT2D eigenvalue weighted by molar-refractivity contribution is -0.142. The van der Waals surface area contributed by atoms with Gasteiger partial charge in [-0.05, 0) is 38.5 Å². The second kappa shape index (κ2) is 26.1. The van der Waals surface area contributed by atoms with Crippen LogP contribution in [0.2, 0.25) is 0 Å². The smallest absolute Gasteiger partial charge is 0.326 e. The minimum absolute atomic E-state index is 0.0562. The SMILES string of the molecule is N=C(N)NCCC[C@H](NC(=O)[C@H](CCCNC(=N)N)NC(=O)[C@H](CCCNC(=N)N)NC(=O)[C@H](Cc1c[nH]cn1)NC(=O)[C@H](Cc1c[nH]cn1)NC(=O)[C@@H](N)CO)C(=O)O. The van der Waals surface area contributed by atoms with Crippen LogP contribution in [0.1, 0.15) is 49.9 Å². The lowest BCUT2D eigenvalue weighted by Crippen LogP contribution is -2.60. The fourth-order valence-corrected chi connectivity index (χ4v) is 5.48. The van der Waals surface area contributed by atoms with Gasteiger partial charge in [0.05, 0.1) is 30.6 Å². The average molecular weight is 848 g/mol. The number of carbonyl (C=O) groups is 6. The maximum atomic E-state index is 14.1. The number of nitrogens with zero attached hydrogens (tertiary/aromatic N) is 2. The first-order valence-corrected chi connectivity index (χ1v) is 18.8. The number of rotatable bonds is 28. The molecule has 0 aliphatic heterocycles. The van der Waals surface area contributed by atoms with E-state index >= 15 is 0 Å². The molecule has 27 heteroatoms. The first kappa shape index (κ1) is 49.1. The third kappa shape index (κ3) is 18.9. The van der Waals surface area contributed by atoms with Gasteiger partial charge in [0.25, 0.3) is 0 Å². The van der Waals surface area contributed by atoms with Crippen LogP contribution >= 0.6 is 0 Å². The topological polar surface area (TPSA) is 472 Å². The van der Waals surface area contributed by atoms with Crippen LogP contribution in [0.15, 0.2) is 25.0 Å². The number of imidazole rings is 2. The standard InChI is InChI=1S/C33H57N19O8/c34-19(14-53)25(54)51-23(10-17-12-41-15-46-17)29(58)52-24(11-18-13-42-16-47-18)28(57)49-20(4-1-7-43-31(35)36)26(55)48-21(5-2-8-44-32(37)38)27(56)50-22(30(59)60)6-3-9-45-33(39)40/h12-13,15-16,19-24,53H,1-11,14,34H2,(H,41,46)(H,42,47)(H,48,55)(H,49,57)(H,50,56)(H,51,54)(H,52,58)(H,59,60)(H4,35,36,43)(H4,37,38,44)(H4,39,40,45)/t19-,20-,21-,22-,23-,24-/m0/s1. The van der Waals surface area contributed by atoms with Crippen molar-refractivity contribution in [2.24, 2.45) is 22.9 Å². The van der Waals surface area contributed by atoms with E-state index in [1.165, 1.54) is 25.0 Å². The van der Waals surface area contributed by atoms with Crippen molar-refractivity contribution in [1.29, 1.82) is 16.2 Å². The molecule has 0 aliphatic rings. The van der Waals surface area contributed by atoms with Crippen LogP contribution < -0.4 is 65.5 Å². The average Bonchev–Trinajstić information content (AvgIpc) is 3.91. The van der Waals surface area contributed by atoms with Gasteiger partial charge in [0.2, 0.25) is 29.5 Å². The fourth-order valence-electron chi connectivity index (χ4n) is 5.48. The number of carbonyl (C=O) groups excluding carboxylic acids is 5. The van der Waals surface area contributed by atoms with Crippen molar-refractivity contribution in [3.05, 3.63) is 36.4 Å². The molecule has 0 bridgehead atoms. The van der Waals surface area contributed by atoms with E-state index in [1.54, 1.807) is 0 Å². The summed E-state index contributed by atoms with van der Waals surface area (Å²) in [7, 11) is 0. The molecule has 60 heavy (non-hydrogen) atoms. The Kier molecular flexibility index (Phi) is 21.3. The van der Waals surface area contributed by atoms with E-state index in [0.29, 0.717) is 11.4 Å². The van der Waals surface area contributed by atoms with Crippen LogP contribution in [0.25, 0.3) is 0 Å². The first-order chi connectivity index (χ1) is 28.5. The Labute approximate surface area is 344 Å². The number of aliphatic carboxylic acids is 1. The number of nitrogens with two attached hydrogens (primary N) is 4. The van der Waals surface area contributed by atoms with Gasteiger partial charge >= 0.3 is 5.97 Å². The largest absolute Gasteiger partial charge is 0.480 e. The summed E-state index contributed by atoms with van der Waals surface area (Å²) in [4.78, 5) is 93.8. The van der Waals surface area contributed by atoms with Crippen LogP contribution in [0.5, 0.6) is 0 Å². The summed E-state index contributed by atoms with van der Waals surface area (Å²) in [5.74, 6) is -6.67. The minimum atomic E-state index is -1.41. The number of aliphatic hydroxyl groups excluding tert-OH is 1. The predicted molar refractivity (Wildman–Crippen MR) is 214 cm³/mol. The molecule has 2 aromatic heterocycles. The van der Waals surface area contributed by atoms with Gasteiger partial charge in [0.15, 0.2) is 17.9 Å². The molecule has 5 amide bonds. The fraction of sp³-hybridized carbons (Fsp3) is 0.545. The number of carboxylic acid groups (broad SMARTS) is 1. The van der Waals surface area contributed by atoms with E-state index in [4.69, 9.17) is 39.2 Å². The van der Waals surface area contributed by atoms with Gasteiger partial charge in [-0.1, -0.05) is 0 Å². The Balaban J connectivity index is 2.40. The number of hydrogen-bond donors (Lipinski definition) is 19. The molecule has 2 aromatic rings. The zero-order valence-corrected chi connectivity index (χ0v) is 32.8. The Bertz CT molecular complexity index is 1720. The zero-order chi connectivity index (χ0) is 44.6. The second-order valence-electron chi connectivity index (χ2n) is 13.4. The lowest BCUT2D eigenvalue weighted by Gasteiger charge is -2.27. The van der Waals surface area contributed by atoms with E-state index in [1.807, 2.05) is 0 Å². The van der Waals surface area contributed by atoms with Crippen molar-refractivity contribution in [1.82, 2.24) is 62.5 Å². The molecule has 0 unspecified atom stereocenters. The molecule has 0 aliphatic carbocycles. The van der Waals surface area contributed by atoms with Crippen molar-refractivity contribution in [2.75, 3.05) is 26.2 Å². The van der Waals surface area contributed by atoms with Crippen LogP contribution in [0.4, 0.5) is 0 Å². The number of nitrogens with one attached hydrogen (secondary N) is 13. The lowest BCUT2D eigenvalue weighted by atomic mass is 10.0. The number of H-pyrrole nitrogens is 2. The summed E-state index contributed by atoms with van der Waals surface area (Å²) < 4.78 is 0. The first-order valence-electron chi connectivity index (χ1n) is 18.8. The van der Waals surface area contributed by atoms with Gasteiger partial charge in [-0.2, -0.15) is 0 Å². The van der Waals surface area contributed by atoms with Crippen molar-refractivity contribution in [2.45, 2.75) is 87.6 Å². The Hall–Kier alpha value is -7.03. The van der Waals surface area contributed by atoms with Gasteiger partial charge in [-0.25, -0.2) is 14.8 Å². The summed E-state index contributed by atoms with van der Waals surface area (Å²) in [5, 5.41) is 61.7. The molecule has 0 aromatic carbocycles.